The van der Waals surface area contributed by atoms with E-state index >= 15 is 0 Å². The molecule has 1 aromatic heterocycles. The lowest BCUT2D eigenvalue weighted by atomic mass is 9.92. The van der Waals surface area contributed by atoms with Gasteiger partial charge in [0.25, 0.3) is 0 Å². The molecule has 0 aromatic carbocycles. The number of aliphatic hydroxyl groups is 1. The number of hydrogen-bond donors (Lipinski definition) is 1. The summed E-state index contributed by atoms with van der Waals surface area (Å²) >= 11 is 0. The van der Waals surface area contributed by atoms with E-state index in [1.54, 1.807) is 0 Å². The number of hydrogen-bond acceptors (Lipinski definition) is 3. The Hall–Kier alpha value is -0.930. The molecule has 0 aliphatic carbocycles. The highest BCUT2D eigenvalue weighted by molar-refractivity contribution is 5.14. The Morgan fingerprint density at radius 3 is 2.88 bits per heavy atom. The largest absolute Gasteiger partial charge is 0.392 e. The van der Waals surface area contributed by atoms with E-state index in [9.17, 15) is 5.11 Å². The van der Waals surface area contributed by atoms with E-state index in [-0.39, 0.29) is 18.1 Å². The van der Waals surface area contributed by atoms with Gasteiger partial charge in [-0.25, -0.2) is 0 Å². The lowest BCUT2D eigenvalue weighted by molar-refractivity contribution is 0.0436. The molecule has 1 fully saturated rings. The number of pyridine rings is 1. The average Bonchev–Trinajstić information content (AvgIpc) is 2.76. The zero-order valence-electron chi connectivity index (χ0n) is 10.6. The molecular weight excluding hydrogens is 214 g/mol. The van der Waals surface area contributed by atoms with Crippen LogP contribution < -0.4 is 0 Å². The van der Waals surface area contributed by atoms with Crippen LogP contribution in [0.5, 0.6) is 0 Å². The van der Waals surface area contributed by atoms with Crippen LogP contribution in [0.4, 0.5) is 0 Å². The SMILES string of the molecule is CCc1ccc(CC(O)C2CCOC2C)nc1. The maximum atomic E-state index is 10.2. The summed E-state index contributed by atoms with van der Waals surface area (Å²) in [6.45, 7) is 4.92. The second-order valence-corrected chi connectivity index (χ2v) is 4.81. The Morgan fingerprint density at radius 2 is 2.35 bits per heavy atom. The molecule has 0 amide bonds. The highest BCUT2D eigenvalue weighted by atomic mass is 16.5. The molecule has 2 heterocycles. The number of rotatable bonds is 4. The maximum absolute atomic E-state index is 10.2. The van der Waals surface area contributed by atoms with Crippen molar-refractivity contribution < 1.29 is 9.84 Å². The first-order valence-electron chi connectivity index (χ1n) is 6.44. The minimum absolute atomic E-state index is 0.167. The number of nitrogens with zero attached hydrogens (tertiary/aromatic N) is 1. The number of aliphatic hydroxyl groups excluding tert-OH is 1. The number of aromatic nitrogens is 1. The first-order chi connectivity index (χ1) is 8.20. The second-order valence-electron chi connectivity index (χ2n) is 4.81. The molecule has 0 spiro atoms. The lowest BCUT2D eigenvalue weighted by Crippen LogP contribution is -2.28. The predicted octanol–water partition coefficient (Wildman–Crippen LogP) is 1.97. The van der Waals surface area contributed by atoms with Crippen LogP contribution in [0.25, 0.3) is 0 Å². The van der Waals surface area contributed by atoms with E-state index in [0.29, 0.717) is 6.42 Å². The zero-order valence-corrected chi connectivity index (χ0v) is 10.6. The van der Waals surface area contributed by atoms with Crippen LogP contribution in [0.1, 0.15) is 31.5 Å². The third kappa shape index (κ3) is 3.05. The fraction of sp³-hybridized carbons (Fsp3) is 0.643. The van der Waals surface area contributed by atoms with Crippen LogP contribution in [0.15, 0.2) is 18.3 Å². The van der Waals surface area contributed by atoms with E-state index < -0.39 is 0 Å². The third-order valence-electron chi connectivity index (χ3n) is 3.64. The van der Waals surface area contributed by atoms with E-state index in [0.717, 1.165) is 25.1 Å². The standard InChI is InChI=1S/C14H21NO2/c1-3-11-4-5-12(15-9-11)8-14(16)13-6-7-17-10(13)2/h4-5,9-10,13-14,16H,3,6-8H2,1-2H3. The van der Waals surface area contributed by atoms with Gasteiger partial charge in [0.15, 0.2) is 0 Å². The maximum Gasteiger partial charge on any atom is 0.0649 e. The smallest absolute Gasteiger partial charge is 0.0649 e. The lowest BCUT2D eigenvalue weighted by Gasteiger charge is -2.20. The Kier molecular flexibility index (Phi) is 4.13. The zero-order chi connectivity index (χ0) is 12.3. The van der Waals surface area contributed by atoms with Crippen LogP contribution in [0.3, 0.4) is 0 Å². The molecule has 1 aliphatic rings. The van der Waals surface area contributed by atoms with Crippen molar-refractivity contribution >= 4 is 0 Å². The topological polar surface area (TPSA) is 42.4 Å². The molecule has 3 atom stereocenters. The summed E-state index contributed by atoms with van der Waals surface area (Å²) in [6, 6.07) is 4.10. The molecule has 2 rings (SSSR count). The summed E-state index contributed by atoms with van der Waals surface area (Å²) in [6.07, 6.45) is 4.31. The molecule has 3 nitrogen and oxygen atoms in total. The normalized spacial score (nSPS) is 26.1. The molecule has 17 heavy (non-hydrogen) atoms. The van der Waals surface area contributed by atoms with E-state index in [1.165, 1.54) is 5.56 Å². The molecule has 0 radical (unpaired) electrons. The Morgan fingerprint density at radius 1 is 1.53 bits per heavy atom. The summed E-state index contributed by atoms with van der Waals surface area (Å²) in [4.78, 5) is 4.39. The van der Waals surface area contributed by atoms with Gasteiger partial charge in [0, 0.05) is 30.8 Å². The molecule has 0 saturated carbocycles. The third-order valence-corrected chi connectivity index (χ3v) is 3.64. The van der Waals surface area contributed by atoms with Crippen molar-refractivity contribution in [1.29, 1.82) is 0 Å². The van der Waals surface area contributed by atoms with E-state index in [1.807, 2.05) is 19.2 Å². The predicted molar refractivity (Wildman–Crippen MR) is 66.8 cm³/mol. The Labute approximate surface area is 103 Å². The summed E-state index contributed by atoms with van der Waals surface area (Å²) in [7, 11) is 0. The van der Waals surface area contributed by atoms with Crippen molar-refractivity contribution in [2.45, 2.75) is 45.3 Å². The molecular formula is C14H21NO2. The number of aryl methyl sites for hydroxylation is 1. The van der Waals surface area contributed by atoms with Crippen LogP contribution in [-0.4, -0.2) is 28.9 Å². The van der Waals surface area contributed by atoms with Gasteiger partial charge in [-0.3, -0.25) is 4.98 Å². The van der Waals surface area contributed by atoms with Crippen molar-refractivity contribution in [3.63, 3.8) is 0 Å². The molecule has 1 aliphatic heterocycles. The fourth-order valence-electron chi connectivity index (χ4n) is 2.40. The van der Waals surface area contributed by atoms with Crippen molar-refractivity contribution in [2.75, 3.05) is 6.61 Å². The molecule has 3 heteroatoms. The van der Waals surface area contributed by atoms with Gasteiger partial charge in [-0.2, -0.15) is 0 Å². The molecule has 94 valence electrons. The van der Waals surface area contributed by atoms with Gasteiger partial charge < -0.3 is 9.84 Å². The average molecular weight is 235 g/mol. The van der Waals surface area contributed by atoms with Gasteiger partial charge >= 0.3 is 0 Å². The van der Waals surface area contributed by atoms with Gasteiger partial charge in [-0.15, -0.1) is 0 Å². The molecule has 1 saturated heterocycles. The van der Waals surface area contributed by atoms with Crippen LogP contribution in [-0.2, 0) is 17.6 Å². The van der Waals surface area contributed by atoms with Crippen molar-refractivity contribution in [3.8, 4) is 0 Å². The first kappa shape index (κ1) is 12.5. The van der Waals surface area contributed by atoms with Gasteiger partial charge in [0.05, 0.1) is 12.2 Å². The quantitative estimate of drug-likeness (QED) is 0.867. The van der Waals surface area contributed by atoms with Crippen LogP contribution in [0.2, 0.25) is 0 Å². The van der Waals surface area contributed by atoms with Gasteiger partial charge in [-0.05, 0) is 31.4 Å². The van der Waals surface area contributed by atoms with Crippen LogP contribution in [0, 0.1) is 5.92 Å². The van der Waals surface area contributed by atoms with Crippen molar-refractivity contribution in [3.05, 3.63) is 29.6 Å². The molecule has 1 N–H and O–H groups in total. The van der Waals surface area contributed by atoms with E-state index in [2.05, 4.69) is 18.0 Å². The van der Waals surface area contributed by atoms with Gasteiger partial charge in [0.1, 0.15) is 0 Å². The second kappa shape index (κ2) is 5.61. The monoisotopic (exact) mass is 235 g/mol. The first-order valence-corrected chi connectivity index (χ1v) is 6.44. The van der Waals surface area contributed by atoms with Crippen molar-refractivity contribution in [1.82, 2.24) is 4.98 Å². The highest BCUT2D eigenvalue weighted by Gasteiger charge is 2.30. The fourth-order valence-corrected chi connectivity index (χ4v) is 2.40. The van der Waals surface area contributed by atoms with Gasteiger partial charge in [-0.1, -0.05) is 13.0 Å². The summed E-state index contributed by atoms with van der Waals surface area (Å²) in [5.41, 5.74) is 2.20. The van der Waals surface area contributed by atoms with Crippen molar-refractivity contribution in [2.24, 2.45) is 5.92 Å². The molecule has 3 unspecified atom stereocenters. The molecule has 1 aromatic rings. The van der Waals surface area contributed by atoms with Gasteiger partial charge in [0.2, 0.25) is 0 Å². The van der Waals surface area contributed by atoms with E-state index in [4.69, 9.17) is 4.74 Å². The Balaban J connectivity index is 1.95. The minimum atomic E-state index is -0.340. The van der Waals surface area contributed by atoms with Crippen LogP contribution >= 0.6 is 0 Å². The number of ether oxygens (including phenoxy) is 1. The summed E-state index contributed by atoms with van der Waals surface area (Å²) in [5.74, 6) is 0.252. The Bertz CT molecular complexity index is 350. The minimum Gasteiger partial charge on any atom is -0.392 e. The summed E-state index contributed by atoms with van der Waals surface area (Å²) < 4.78 is 5.48. The highest BCUT2D eigenvalue weighted by Crippen LogP contribution is 2.25. The molecule has 0 bridgehead atoms. The summed E-state index contributed by atoms with van der Waals surface area (Å²) in [5, 5.41) is 10.2.